The van der Waals surface area contributed by atoms with Crippen molar-refractivity contribution in [1.82, 2.24) is 0 Å². The maximum atomic E-state index is 12.0. The SMILES string of the molecule is CN(C(=O)C1(C#N)CC1)c1cccc(O)c1. The number of rotatable bonds is 2. The Kier molecular flexibility index (Phi) is 2.31. The van der Waals surface area contributed by atoms with Gasteiger partial charge in [0.15, 0.2) is 0 Å². The van der Waals surface area contributed by atoms with Crippen LogP contribution in [0.15, 0.2) is 24.3 Å². The molecule has 1 amide bonds. The summed E-state index contributed by atoms with van der Waals surface area (Å²) < 4.78 is 0. The van der Waals surface area contributed by atoms with Crippen molar-refractivity contribution in [3.63, 3.8) is 0 Å². The molecule has 0 saturated heterocycles. The summed E-state index contributed by atoms with van der Waals surface area (Å²) in [4.78, 5) is 13.4. The molecule has 0 unspecified atom stereocenters. The van der Waals surface area contributed by atoms with Gasteiger partial charge in [0.05, 0.1) is 6.07 Å². The fourth-order valence-corrected chi connectivity index (χ4v) is 1.64. The van der Waals surface area contributed by atoms with Crippen LogP contribution >= 0.6 is 0 Å². The summed E-state index contributed by atoms with van der Waals surface area (Å²) in [5.41, 5.74) is -0.216. The number of hydrogen-bond acceptors (Lipinski definition) is 3. The van der Waals surface area contributed by atoms with Crippen molar-refractivity contribution >= 4 is 11.6 Å². The van der Waals surface area contributed by atoms with E-state index in [1.54, 1.807) is 25.2 Å². The molecule has 16 heavy (non-hydrogen) atoms. The average molecular weight is 216 g/mol. The Morgan fingerprint density at radius 3 is 2.75 bits per heavy atom. The zero-order chi connectivity index (χ0) is 11.8. The molecule has 1 aliphatic carbocycles. The van der Waals surface area contributed by atoms with E-state index in [1.807, 2.05) is 0 Å². The van der Waals surface area contributed by atoms with Crippen LogP contribution in [0.2, 0.25) is 0 Å². The Labute approximate surface area is 93.7 Å². The van der Waals surface area contributed by atoms with Gasteiger partial charge >= 0.3 is 0 Å². The number of benzene rings is 1. The Morgan fingerprint density at radius 2 is 2.25 bits per heavy atom. The van der Waals surface area contributed by atoms with Gasteiger partial charge < -0.3 is 10.0 Å². The number of phenolic OH excluding ortho intramolecular Hbond substituents is 1. The van der Waals surface area contributed by atoms with Crippen molar-refractivity contribution in [3.05, 3.63) is 24.3 Å². The molecule has 2 rings (SSSR count). The predicted molar refractivity (Wildman–Crippen MR) is 58.8 cm³/mol. The molecule has 82 valence electrons. The van der Waals surface area contributed by atoms with E-state index in [0.717, 1.165) is 0 Å². The topological polar surface area (TPSA) is 64.3 Å². The molecular weight excluding hydrogens is 204 g/mol. The first-order valence-electron chi connectivity index (χ1n) is 5.07. The van der Waals surface area contributed by atoms with Gasteiger partial charge in [0.25, 0.3) is 0 Å². The lowest BCUT2D eigenvalue weighted by molar-refractivity contribution is -0.121. The number of hydrogen-bond donors (Lipinski definition) is 1. The second kappa shape index (κ2) is 3.53. The Morgan fingerprint density at radius 1 is 1.56 bits per heavy atom. The van der Waals surface area contributed by atoms with E-state index in [2.05, 4.69) is 6.07 Å². The highest BCUT2D eigenvalue weighted by atomic mass is 16.3. The van der Waals surface area contributed by atoms with Gasteiger partial charge in [-0.3, -0.25) is 4.79 Å². The van der Waals surface area contributed by atoms with Gasteiger partial charge in [-0.25, -0.2) is 0 Å². The van der Waals surface area contributed by atoms with Gasteiger partial charge in [0.1, 0.15) is 11.2 Å². The van der Waals surface area contributed by atoms with Crippen LogP contribution in [0.3, 0.4) is 0 Å². The summed E-state index contributed by atoms with van der Waals surface area (Å²) in [6.45, 7) is 0. The monoisotopic (exact) mass is 216 g/mol. The standard InChI is InChI=1S/C12H12N2O2/c1-14(9-3-2-4-10(15)7-9)11(16)12(8-13)5-6-12/h2-4,7,15H,5-6H2,1H3. The minimum absolute atomic E-state index is 0.110. The normalized spacial score (nSPS) is 16.2. The third-order valence-electron chi connectivity index (χ3n) is 2.90. The highest BCUT2D eigenvalue weighted by Gasteiger charge is 2.52. The van der Waals surface area contributed by atoms with Crippen molar-refractivity contribution in [2.24, 2.45) is 5.41 Å². The van der Waals surface area contributed by atoms with E-state index in [1.165, 1.54) is 11.0 Å². The molecule has 4 heteroatoms. The van der Waals surface area contributed by atoms with Crippen LogP contribution in [-0.2, 0) is 4.79 Å². The molecule has 1 fully saturated rings. The molecule has 0 aliphatic heterocycles. The van der Waals surface area contributed by atoms with Crippen LogP contribution in [0.1, 0.15) is 12.8 Å². The van der Waals surface area contributed by atoms with Crippen LogP contribution in [-0.4, -0.2) is 18.1 Å². The smallest absolute Gasteiger partial charge is 0.247 e. The zero-order valence-electron chi connectivity index (χ0n) is 8.97. The number of phenols is 1. The summed E-state index contributed by atoms with van der Waals surface area (Å²) in [5.74, 6) is -0.0837. The summed E-state index contributed by atoms with van der Waals surface area (Å²) in [5, 5.41) is 18.2. The summed E-state index contributed by atoms with van der Waals surface area (Å²) >= 11 is 0. The van der Waals surface area contributed by atoms with Crippen LogP contribution < -0.4 is 4.90 Å². The largest absolute Gasteiger partial charge is 0.508 e. The maximum absolute atomic E-state index is 12.0. The number of nitriles is 1. The number of anilines is 1. The Balaban J connectivity index is 2.23. The quantitative estimate of drug-likeness (QED) is 0.817. The van der Waals surface area contributed by atoms with Crippen LogP contribution in [0, 0.1) is 16.7 Å². The molecule has 0 aromatic heterocycles. The molecule has 1 saturated carbocycles. The fraction of sp³-hybridized carbons (Fsp3) is 0.333. The van der Waals surface area contributed by atoms with Gasteiger partial charge in [-0.15, -0.1) is 0 Å². The molecule has 1 N–H and O–H groups in total. The Bertz CT molecular complexity index is 472. The number of amides is 1. The molecular formula is C12H12N2O2. The average Bonchev–Trinajstić information content (AvgIpc) is 3.08. The lowest BCUT2D eigenvalue weighted by atomic mass is 10.1. The number of aromatic hydroxyl groups is 1. The van der Waals surface area contributed by atoms with Crippen LogP contribution in [0.4, 0.5) is 5.69 Å². The lowest BCUT2D eigenvalue weighted by Crippen LogP contribution is -2.33. The minimum atomic E-state index is -0.819. The second-order valence-corrected chi connectivity index (χ2v) is 4.08. The third-order valence-corrected chi connectivity index (χ3v) is 2.90. The van der Waals surface area contributed by atoms with Crippen molar-refractivity contribution in [2.75, 3.05) is 11.9 Å². The molecule has 0 spiro atoms. The summed E-state index contributed by atoms with van der Waals surface area (Å²) in [6.07, 6.45) is 1.26. The van der Waals surface area contributed by atoms with Crippen LogP contribution in [0.5, 0.6) is 5.75 Å². The van der Waals surface area contributed by atoms with Gasteiger partial charge in [0.2, 0.25) is 5.91 Å². The maximum Gasteiger partial charge on any atom is 0.247 e. The number of carbonyl (C=O) groups excluding carboxylic acids is 1. The van der Waals surface area contributed by atoms with Crippen LogP contribution in [0.25, 0.3) is 0 Å². The van der Waals surface area contributed by atoms with E-state index < -0.39 is 5.41 Å². The van der Waals surface area contributed by atoms with Crippen molar-refractivity contribution in [2.45, 2.75) is 12.8 Å². The van der Waals surface area contributed by atoms with Crippen molar-refractivity contribution in [1.29, 1.82) is 5.26 Å². The minimum Gasteiger partial charge on any atom is -0.508 e. The number of carbonyl (C=O) groups is 1. The highest BCUT2D eigenvalue weighted by Crippen LogP contribution is 2.46. The summed E-state index contributed by atoms with van der Waals surface area (Å²) in [7, 11) is 1.62. The van der Waals surface area contributed by atoms with Crippen molar-refractivity contribution in [3.8, 4) is 11.8 Å². The molecule has 0 bridgehead atoms. The van der Waals surface area contributed by atoms with E-state index in [9.17, 15) is 9.90 Å². The lowest BCUT2D eigenvalue weighted by Gasteiger charge is -2.19. The second-order valence-electron chi connectivity index (χ2n) is 4.08. The first-order valence-corrected chi connectivity index (χ1v) is 5.07. The first-order chi connectivity index (χ1) is 7.59. The third kappa shape index (κ3) is 1.61. The molecule has 1 aromatic rings. The van der Waals surface area contributed by atoms with E-state index in [-0.39, 0.29) is 11.7 Å². The van der Waals surface area contributed by atoms with E-state index >= 15 is 0 Å². The Hall–Kier alpha value is -2.02. The van der Waals surface area contributed by atoms with E-state index in [0.29, 0.717) is 18.5 Å². The molecule has 0 atom stereocenters. The summed E-state index contributed by atoms with van der Waals surface area (Å²) in [6, 6.07) is 8.50. The predicted octanol–water partition coefficient (Wildman–Crippen LogP) is 1.66. The highest BCUT2D eigenvalue weighted by molar-refractivity contribution is 6.00. The molecule has 0 radical (unpaired) electrons. The first kappa shape index (κ1) is 10.5. The molecule has 1 aliphatic rings. The zero-order valence-corrected chi connectivity index (χ0v) is 8.97. The van der Waals surface area contributed by atoms with Gasteiger partial charge in [0, 0.05) is 18.8 Å². The van der Waals surface area contributed by atoms with Gasteiger partial charge in [-0.1, -0.05) is 6.07 Å². The van der Waals surface area contributed by atoms with E-state index in [4.69, 9.17) is 5.26 Å². The fourth-order valence-electron chi connectivity index (χ4n) is 1.64. The molecule has 0 heterocycles. The van der Waals surface area contributed by atoms with Gasteiger partial charge in [-0.2, -0.15) is 5.26 Å². The van der Waals surface area contributed by atoms with Crippen molar-refractivity contribution < 1.29 is 9.90 Å². The number of nitrogens with zero attached hydrogens (tertiary/aromatic N) is 2. The molecule has 1 aromatic carbocycles. The van der Waals surface area contributed by atoms with Gasteiger partial charge in [-0.05, 0) is 25.0 Å². The molecule has 4 nitrogen and oxygen atoms in total.